The highest BCUT2D eigenvalue weighted by Crippen LogP contribution is 2.39. The topological polar surface area (TPSA) is 97.0 Å². The zero-order valence-corrected chi connectivity index (χ0v) is 20.8. The monoisotopic (exact) mass is 449 g/mol. The number of hydrogen-bond acceptors (Lipinski definition) is 5. The summed E-state index contributed by atoms with van der Waals surface area (Å²) < 4.78 is 12.4. The molecule has 0 aliphatic carbocycles. The summed E-state index contributed by atoms with van der Waals surface area (Å²) in [7, 11) is -1.77. The molecule has 174 valence electrons. The van der Waals surface area contributed by atoms with Crippen LogP contribution in [0.5, 0.6) is 0 Å². The van der Waals surface area contributed by atoms with Gasteiger partial charge in [0.15, 0.2) is 8.32 Å². The number of benzene rings is 1. The summed E-state index contributed by atoms with van der Waals surface area (Å²) in [6.07, 6.45) is 2.70. The van der Waals surface area contributed by atoms with E-state index in [1.165, 1.54) is 4.90 Å². The Hall–Kier alpha value is -1.77. The standard InChI is InChI=1S/C23H39N3O4Si/c1-15-7-10-18-20(26(15)22(27)28)12-11-19(21(18)24)25-16-8-9-17(29-13-16)14-30-31(5,6)23(2,3)4/h11-12,15-17,25H,7-10,13-14,24H2,1-6H3,(H,27,28)/t15-,16+,17-/m0/s1. The van der Waals surface area contributed by atoms with E-state index in [0.717, 1.165) is 36.9 Å². The molecule has 8 heteroatoms. The molecule has 1 fully saturated rings. The fourth-order valence-electron chi connectivity index (χ4n) is 4.07. The van der Waals surface area contributed by atoms with Gasteiger partial charge < -0.3 is 25.3 Å². The van der Waals surface area contributed by atoms with Gasteiger partial charge in [0.05, 0.1) is 36.4 Å². The molecule has 7 nitrogen and oxygen atoms in total. The molecule has 2 aliphatic rings. The summed E-state index contributed by atoms with van der Waals surface area (Å²) in [6, 6.07) is 3.91. The van der Waals surface area contributed by atoms with E-state index in [1.807, 2.05) is 19.1 Å². The minimum Gasteiger partial charge on any atom is -0.465 e. The first-order chi connectivity index (χ1) is 14.4. The number of carboxylic acid groups (broad SMARTS) is 1. The molecule has 3 rings (SSSR count). The second-order valence-corrected chi connectivity index (χ2v) is 15.3. The summed E-state index contributed by atoms with van der Waals surface area (Å²) in [4.78, 5) is 13.1. The molecule has 2 heterocycles. The molecule has 4 N–H and O–H groups in total. The number of nitrogens with zero attached hydrogens (tertiary/aromatic N) is 1. The zero-order valence-electron chi connectivity index (χ0n) is 19.8. The first kappa shape index (κ1) is 23.9. The average molecular weight is 450 g/mol. The van der Waals surface area contributed by atoms with E-state index < -0.39 is 14.4 Å². The molecule has 0 radical (unpaired) electrons. The Kier molecular flexibility index (Phi) is 6.93. The van der Waals surface area contributed by atoms with Gasteiger partial charge in [-0.2, -0.15) is 0 Å². The number of hydrogen-bond donors (Lipinski definition) is 3. The Bertz CT molecular complexity index is 801. The number of fused-ring (bicyclic) bond motifs is 1. The van der Waals surface area contributed by atoms with Gasteiger partial charge in [-0.15, -0.1) is 0 Å². The van der Waals surface area contributed by atoms with Crippen LogP contribution in [0.25, 0.3) is 0 Å². The van der Waals surface area contributed by atoms with E-state index in [4.69, 9.17) is 14.9 Å². The summed E-state index contributed by atoms with van der Waals surface area (Å²) in [5.74, 6) is 0. The largest absolute Gasteiger partial charge is 0.465 e. The normalized spacial score (nSPS) is 24.6. The Morgan fingerprint density at radius 1 is 1.32 bits per heavy atom. The Labute approximate surface area is 187 Å². The van der Waals surface area contributed by atoms with E-state index in [-0.39, 0.29) is 23.2 Å². The van der Waals surface area contributed by atoms with Gasteiger partial charge in [-0.05, 0) is 62.9 Å². The minimum absolute atomic E-state index is 0.0413. The van der Waals surface area contributed by atoms with Crippen LogP contribution in [-0.4, -0.2) is 50.9 Å². The van der Waals surface area contributed by atoms with Crippen LogP contribution in [0.2, 0.25) is 18.1 Å². The van der Waals surface area contributed by atoms with Crippen LogP contribution in [0.15, 0.2) is 12.1 Å². The molecule has 0 unspecified atom stereocenters. The van der Waals surface area contributed by atoms with Crippen LogP contribution >= 0.6 is 0 Å². The summed E-state index contributed by atoms with van der Waals surface area (Å²) in [6.45, 7) is 14.5. The van der Waals surface area contributed by atoms with Crippen LogP contribution in [0, 0.1) is 0 Å². The molecule has 31 heavy (non-hydrogen) atoms. The maximum Gasteiger partial charge on any atom is 0.412 e. The molecule has 3 atom stereocenters. The number of rotatable bonds is 5. The molecule has 2 aliphatic heterocycles. The fourth-order valence-corrected chi connectivity index (χ4v) is 5.10. The second kappa shape index (κ2) is 9.00. The van der Waals surface area contributed by atoms with Gasteiger partial charge in [0.1, 0.15) is 0 Å². The van der Waals surface area contributed by atoms with Crippen molar-refractivity contribution in [2.24, 2.45) is 0 Å². The van der Waals surface area contributed by atoms with Crippen molar-refractivity contribution in [3.8, 4) is 0 Å². The third-order valence-corrected chi connectivity index (χ3v) is 11.7. The molecule has 1 saturated heterocycles. The van der Waals surface area contributed by atoms with E-state index in [0.29, 0.717) is 24.6 Å². The van der Waals surface area contributed by atoms with Gasteiger partial charge in [0.25, 0.3) is 0 Å². The molecule has 1 aromatic rings. The van der Waals surface area contributed by atoms with Crippen LogP contribution in [0.3, 0.4) is 0 Å². The van der Waals surface area contributed by atoms with E-state index in [2.05, 4.69) is 39.2 Å². The first-order valence-corrected chi connectivity index (χ1v) is 14.3. The quantitative estimate of drug-likeness (QED) is 0.429. The minimum atomic E-state index is -1.77. The lowest BCUT2D eigenvalue weighted by Crippen LogP contribution is -2.44. The van der Waals surface area contributed by atoms with E-state index in [9.17, 15) is 9.90 Å². The van der Waals surface area contributed by atoms with Crippen molar-refractivity contribution in [3.63, 3.8) is 0 Å². The number of ether oxygens (including phenoxy) is 1. The van der Waals surface area contributed by atoms with Crippen LogP contribution in [0.1, 0.15) is 52.5 Å². The lowest BCUT2D eigenvalue weighted by atomic mass is 9.94. The Morgan fingerprint density at radius 3 is 2.61 bits per heavy atom. The van der Waals surface area contributed by atoms with Gasteiger partial charge in [-0.3, -0.25) is 4.90 Å². The molecule has 0 bridgehead atoms. The second-order valence-electron chi connectivity index (χ2n) is 10.5. The lowest BCUT2D eigenvalue weighted by molar-refractivity contribution is -0.0193. The Morgan fingerprint density at radius 2 is 2.03 bits per heavy atom. The van der Waals surface area contributed by atoms with Gasteiger partial charge in [-0.1, -0.05) is 20.8 Å². The molecule has 0 saturated carbocycles. The van der Waals surface area contributed by atoms with Gasteiger partial charge in [-0.25, -0.2) is 4.79 Å². The van der Waals surface area contributed by atoms with Crippen molar-refractivity contribution < 1.29 is 19.1 Å². The zero-order chi connectivity index (χ0) is 23.0. The number of nitrogens with two attached hydrogens (primary N) is 1. The number of anilines is 3. The van der Waals surface area contributed by atoms with Crippen LogP contribution < -0.4 is 16.0 Å². The molecular formula is C23H39N3O4Si. The van der Waals surface area contributed by atoms with Crippen molar-refractivity contribution in [2.45, 2.75) is 89.7 Å². The highest BCUT2D eigenvalue weighted by Gasteiger charge is 2.38. The maximum absolute atomic E-state index is 11.7. The van der Waals surface area contributed by atoms with E-state index >= 15 is 0 Å². The molecule has 1 amide bonds. The predicted molar refractivity (Wildman–Crippen MR) is 129 cm³/mol. The van der Waals surface area contributed by atoms with Crippen molar-refractivity contribution in [1.29, 1.82) is 0 Å². The number of carbonyl (C=O) groups is 1. The number of nitrogen functional groups attached to an aromatic ring is 1. The molecule has 0 aromatic heterocycles. The average Bonchev–Trinajstić information content (AvgIpc) is 2.68. The van der Waals surface area contributed by atoms with Gasteiger partial charge >= 0.3 is 6.09 Å². The smallest absolute Gasteiger partial charge is 0.412 e. The first-order valence-electron chi connectivity index (χ1n) is 11.4. The van der Waals surface area contributed by atoms with Gasteiger partial charge in [0, 0.05) is 17.6 Å². The Balaban J connectivity index is 1.58. The highest BCUT2D eigenvalue weighted by molar-refractivity contribution is 6.74. The van der Waals surface area contributed by atoms with Crippen LogP contribution in [-0.2, 0) is 15.6 Å². The SMILES string of the molecule is C[C@H]1CCc2c(ccc(N[C@@H]3CC[C@@H](CO[Si](C)(C)C(C)(C)C)OC3)c2N)N1C(=O)O. The number of amides is 1. The number of nitrogens with one attached hydrogen (secondary N) is 1. The molecular weight excluding hydrogens is 410 g/mol. The summed E-state index contributed by atoms with van der Waals surface area (Å²) >= 11 is 0. The fraction of sp³-hybridized carbons (Fsp3) is 0.696. The highest BCUT2D eigenvalue weighted by atomic mass is 28.4. The van der Waals surface area contributed by atoms with Gasteiger partial charge in [0.2, 0.25) is 0 Å². The van der Waals surface area contributed by atoms with Crippen molar-refractivity contribution >= 4 is 31.5 Å². The summed E-state index contributed by atoms with van der Waals surface area (Å²) in [5.41, 5.74) is 9.60. The third kappa shape index (κ3) is 5.18. The van der Waals surface area contributed by atoms with Crippen molar-refractivity contribution in [3.05, 3.63) is 17.7 Å². The van der Waals surface area contributed by atoms with E-state index in [1.54, 1.807) is 0 Å². The predicted octanol–water partition coefficient (Wildman–Crippen LogP) is 5.07. The molecule has 1 aromatic carbocycles. The molecule has 0 spiro atoms. The third-order valence-electron chi connectivity index (χ3n) is 7.22. The summed E-state index contributed by atoms with van der Waals surface area (Å²) in [5, 5.41) is 13.3. The van der Waals surface area contributed by atoms with Crippen LogP contribution in [0.4, 0.5) is 21.9 Å². The van der Waals surface area contributed by atoms with Crippen molar-refractivity contribution in [2.75, 3.05) is 29.2 Å². The lowest BCUT2D eigenvalue weighted by Gasteiger charge is -2.38. The van der Waals surface area contributed by atoms with Crippen molar-refractivity contribution in [1.82, 2.24) is 0 Å². The maximum atomic E-state index is 11.7.